The standard InChI is InChI=1S/C16H22F3N3OS/c17-16(18,19)24-14-7-5-13(6-8-14)21-15(23)20-9-4-12-22-10-2-1-3-11-22/h5-8H,1-4,9-12H2,(H2,20,21,23). The predicted molar refractivity (Wildman–Crippen MR) is 90.3 cm³/mol. The van der Waals surface area contributed by atoms with Crippen LogP contribution in [0.15, 0.2) is 29.2 Å². The highest BCUT2D eigenvalue weighted by atomic mass is 32.2. The zero-order valence-electron chi connectivity index (χ0n) is 13.4. The van der Waals surface area contributed by atoms with E-state index in [0.717, 1.165) is 26.1 Å². The number of nitrogens with one attached hydrogen (secondary N) is 2. The van der Waals surface area contributed by atoms with Crippen LogP contribution in [0.1, 0.15) is 25.7 Å². The van der Waals surface area contributed by atoms with E-state index in [-0.39, 0.29) is 22.7 Å². The molecule has 1 aromatic carbocycles. The second-order valence-corrected chi connectivity index (χ2v) is 6.85. The SMILES string of the molecule is O=C(NCCCN1CCCCC1)Nc1ccc(SC(F)(F)F)cc1. The van der Waals surface area contributed by atoms with E-state index in [2.05, 4.69) is 15.5 Å². The molecule has 24 heavy (non-hydrogen) atoms. The van der Waals surface area contributed by atoms with Gasteiger partial charge in [0.25, 0.3) is 0 Å². The highest BCUT2D eigenvalue weighted by Gasteiger charge is 2.29. The van der Waals surface area contributed by atoms with Gasteiger partial charge in [0.1, 0.15) is 0 Å². The third kappa shape index (κ3) is 7.44. The maximum Gasteiger partial charge on any atom is 0.446 e. The van der Waals surface area contributed by atoms with Gasteiger partial charge in [-0.05, 0) is 74.9 Å². The van der Waals surface area contributed by atoms with Crippen molar-refractivity contribution in [3.05, 3.63) is 24.3 Å². The minimum absolute atomic E-state index is 0.0926. The van der Waals surface area contributed by atoms with Gasteiger partial charge in [0.15, 0.2) is 0 Å². The lowest BCUT2D eigenvalue weighted by Gasteiger charge is -2.26. The number of carbonyl (C=O) groups excluding carboxylic acids is 1. The van der Waals surface area contributed by atoms with Crippen LogP contribution in [0.2, 0.25) is 0 Å². The molecule has 0 bridgehead atoms. The molecule has 4 nitrogen and oxygen atoms in total. The smallest absolute Gasteiger partial charge is 0.338 e. The van der Waals surface area contributed by atoms with Crippen molar-refractivity contribution >= 4 is 23.5 Å². The molecule has 1 aliphatic rings. The lowest BCUT2D eigenvalue weighted by Crippen LogP contribution is -2.34. The van der Waals surface area contributed by atoms with Gasteiger partial charge in [0.2, 0.25) is 0 Å². The Labute approximate surface area is 144 Å². The average Bonchev–Trinajstić information content (AvgIpc) is 2.53. The Morgan fingerprint density at radius 3 is 2.42 bits per heavy atom. The summed E-state index contributed by atoms with van der Waals surface area (Å²) in [6.45, 7) is 3.82. The van der Waals surface area contributed by atoms with Crippen molar-refractivity contribution in [3.8, 4) is 0 Å². The van der Waals surface area contributed by atoms with E-state index < -0.39 is 5.51 Å². The van der Waals surface area contributed by atoms with Crippen LogP contribution in [-0.4, -0.2) is 42.6 Å². The number of thioether (sulfide) groups is 1. The number of likely N-dealkylation sites (tertiary alicyclic amines) is 1. The fraction of sp³-hybridized carbons (Fsp3) is 0.562. The fourth-order valence-electron chi connectivity index (χ4n) is 2.60. The van der Waals surface area contributed by atoms with E-state index >= 15 is 0 Å². The Bertz CT molecular complexity index is 516. The molecular weight excluding hydrogens is 339 g/mol. The van der Waals surface area contributed by atoms with Crippen molar-refractivity contribution in [3.63, 3.8) is 0 Å². The normalized spacial score (nSPS) is 16.0. The van der Waals surface area contributed by atoms with Gasteiger partial charge in [-0.1, -0.05) is 6.42 Å². The molecular formula is C16H22F3N3OS. The van der Waals surface area contributed by atoms with Gasteiger partial charge in [-0.3, -0.25) is 0 Å². The van der Waals surface area contributed by atoms with E-state index in [0.29, 0.717) is 12.2 Å². The number of urea groups is 1. The molecule has 0 unspecified atom stereocenters. The van der Waals surface area contributed by atoms with Crippen molar-refractivity contribution < 1.29 is 18.0 Å². The van der Waals surface area contributed by atoms with Gasteiger partial charge >= 0.3 is 11.5 Å². The first-order valence-electron chi connectivity index (χ1n) is 8.05. The summed E-state index contributed by atoms with van der Waals surface area (Å²) in [6.07, 6.45) is 4.68. The summed E-state index contributed by atoms with van der Waals surface area (Å²) in [4.78, 5) is 14.3. The van der Waals surface area contributed by atoms with E-state index in [1.807, 2.05) is 0 Å². The summed E-state index contributed by atoms with van der Waals surface area (Å²) < 4.78 is 36.7. The number of benzene rings is 1. The summed E-state index contributed by atoms with van der Waals surface area (Å²) in [5, 5.41) is 5.38. The molecule has 0 spiro atoms. The maximum absolute atomic E-state index is 12.2. The Balaban J connectivity index is 1.64. The number of amides is 2. The molecule has 1 aromatic rings. The molecule has 0 atom stereocenters. The molecule has 0 radical (unpaired) electrons. The predicted octanol–water partition coefficient (Wildman–Crippen LogP) is 4.30. The Morgan fingerprint density at radius 2 is 1.79 bits per heavy atom. The second kappa shape index (κ2) is 9.17. The average molecular weight is 361 g/mol. The molecule has 0 saturated carbocycles. The van der Waals surface area contributed by atoms with Crippen LogP contribution in [0.5, 0.6) is 0 Å². The largest absolute Gasteiger partial charge is 0.446 e. The van der Waals surface area contributed by atoms with Crippen LogP contribution in [0.25, 0.3) is 0 Å². The first-order valence-corrected chi connectivity index (χ1v) is 8.87. The minimum atomic E-state index is -4.30. The van der Waals surface area contributed by atoms with Gasteiger partial charge < -0.3 is 15.5 Å². The lowest BCUT2D eigenvalue weighted by molar-refractivity contribution is -0.0328. The molecule has 8 heteroatoms. The summed E-state index contributed by atoms with van der Waals surface area (Å²) in [6, 6.07) is 5.25. The topological polar surface area (TPSA) is 44.4 Å². The quantitative estimate of drug-likeness (QED) is 0.587. The molecule has 1 fully saturated rings. The Hall–Kier alpha value is -1.41. The van der Waals surface area contributed by atoms with Crippen molar-refractivity contribution in [2.45, 2.75) is 36.1 Å². The van der Waals surface area contributed by atoms with Crippen LogP contribution >= 0.6 is 11.8 Å². The minimum Gasteiger partial charge on any atom is -0.338 e. The van der Waals surface area contributed by atoms with Crippen molar-refractivity contribution in [1.29, 1.82) is 0 Å². The molecule has 134 valence electrons. The van der Waals surface area contributed by atoms with Gasteiger partial charge in [-0.25, -0.2) is 4.79 Å². The van der Waals surface area contributed by atoms with Crippen LogP contribution < -0.4 is 10.6 Å². The van der Waals surface area contributed by atoms with Crippen LogP contribution in [0.4, 0.5) is 23.7 Å². The van der Waals surface area contributed by atoms with E-state index in [9.17, 15) is 18.0 Å². The number of anilines is 1. The maximum atomic E-state index is 12.2. The van der Waals surface area contributed by atoms with Gasteiger partial charge in [0, 0.05) is 17.1 Å². The van der Waals surface area contributed by atoms with Crippen LogP contribution in [0, 0.1) is 0 Å². The first kappa shape index (κ1) is 18.9. The number of rotatable bonds is 6. The zero-order valence-corrected chi connectivity index (χ0v) is 14.2. The van der Waals surface area contributed by atoms with Crippen LogP contribution in [-0.2, 0) is 0 Å². The van der Waals surface area contributed by atoms with Gasteiger partial charge in [-0.15, -0.1) is 0 Å². The van der Waals surface area contributed by atoms with Crippen molar-refractivity contribution in [1.82, 2.24) is 10.2 Å². The molecule has 1 heterocycles. The van der Waals surface area contributed by atoms with E-state index in [1.165, 1.54) is 43.5 Å². The molecule has 1 saturated heterocycles. The fourth-order valence-corrected chi connectivity index (χ4v) is 3.14. The lowest BCUT2D eigenvalue weighted by atomic mass is 10.1. The second-order valence-electron chi connectivity index (χ2n) is 5.71. The third-order valence-corrected chi connectivity index (χ3v) is 4.47. The summed E-state index contributed by atoms with van der Waals surface area (Å²) >= 11 is -0.174. The van der Waals surface area contributed by atoms with Crippen molar-refractivity contribution in [2.75, 3.05) is 31.5 Å². The Morgan fingerprint density at radius 1 is 1.12 bits per heavy atom. The molecule has 0 aromatic heterocycles. The summed E-state index contributed by atoms with van der Waals surface area (Å²) in [5.41, 5.74) is -3.84. The molecule has 2 amide bonds. The van der Waals surface area contributed by atoms with Gasteiger partial charge in [0.05, 0.1) is 0 Å². The first-order chi connectivity index (χ1) is 11.4. The number of carbonyl (C=O) groups is 1. The molecule has 1 aliphatic heterocycles. The number of nitrogens with zero attached hydrogens (tertiary/aromatic N) is 1. The van der Waals surface area contributed by atoms with Crippen molar-refractivity contribution in [2.24, 2.45) is 0 Å². The number of halogens is 3. The number of hydrogen-bond donors (Lipinski definition) is 2. The highest BCUT2D eigenvalue weighted by Crippen LogP contribution is 2.36. The zero-order chi connectivity index (χ0) is 17.4. The number of hydrogen-bond acceptors (Lipinski definition) is 3. The highest BCUT2D eigenvalue weighted by molar-refractivity contribution is 8.00. The van der Waals surface area contributed by atoms with Gasteiger partial charge in [-0.2, -0.15) is 13.2 Å². The van der Waals surface area contributed by atoms with Crippen LogP contribution in [0.3, 0.4) is 0 Å². The monoisotopic (exact) mass is 361 g/mol. The molecule has 0 aliphatic carbocycles. The summed E-state index contributed by atoms with van der Waals surface area (Å²) in [5.74, 6) is 0. The Kier molecular flexibility index (Phi) is 7.23. The molecule has 2 rings (SSSR count). The number of piperidine rings is 1. The summed E-state index contributed by atoms with van der Waals surface area (Å²) in [7, 11) is 0. The molecule has 2 N–H and O–H groups in total. The van der Waals surface area contributed by atoms with E-state index in [1.54, 1.807) is 0 Å². The third-order valence-electron chi connectivity index (χ3n) is 3.73. The number of alkyl halides is 3. The van der Waals surface area contributed by atoms with E-state index in [4.69, 9.17) is 0 Å².